The Morgan fingerprint density at radius 1 is 1.24 bits per heavy atom. The summed E-state index contributed by atoms with van der Waals surface area (Å²) >= 11 is 0. The number of aldehydes is 1. The summed E-state index contributed by atoms with van der Waals surface area (Å²) in [5.41, 5.74) is -1.19. The average molecular weight is 523 g/mol. The maximum Gasteiger partial charge on any atom is 0.422 e. The average Bonchev–Trinajstić information content (AvgIpc) is 3.26. The highest BCUT2D eigenvalue weighted by Gasteiger charge is 2.41. The first kappa shape index (κ1) is 31.8. The second-order valence-electron chi connectivity index (χ2n) is 8.53. The molecule has 1 aliphatic carbocycles. The van der Waals surface area contributed by atoms with Crippen LogP contribution in [0, 0.1) is 11.3 Å². The van der Waals surface area contributed by atoms with Gasteiger partial charge in [0.05, 0.1) is 11.3 Å². The molecular formula is C26H37F3N6O2. The van der Waals surface area contributed by atoms with Crippen molar-refractivity contribution in [3.05, 3.63) is 51.1 Å². The number of hydrogen-bond acceptors (Lipinski definition) is 7. The molecule has 0 amide bonds. The van der Waals surface area contributed by atoms with Crippen molar-refractivity contribution < 1.29 is 18.0 Å². The van der Waals surface area contributed by atoms with Gasteiger partial charge in [0.25, 0.3) is 5.56 Å². The molecule has 2 heterocycles. The second-order valence-corrected chi connectivity index (χ2v) is 8.53. The number of carbonyl (C=O) groups excluding carboxylic acids is 1. The van der Waals surface area contributed by atoms with Gasteiger partial charge in [-0.2, -0.15) is 23.5 Å². The van der Waals surface area contributed by atoms with Crippen molar-refractivity contribution in [2.45, 2.75) is 71.4 Å². The van der Waals surface area contributed by atoms with Crippen LogP contribution in [-0.4, -0.2) is 48.1 Å². The van der Waals surface area contributed by atoms with E-state index in [9.17, 15) is 18.0 Å². The fourth-order valence-corrected chi connectivity index (χ4v) is 4.09. The molecule has 1 aliphatic rings. The van der Waals surface area contributed by atoms with E-state index in [1.54, 1.807) is 13.2 Å². The Bertz CT molecular complexity index is 1050. The molecule has 204 valence electrons. The monoisotopic (exact) mass is 522 g/mol. The van der Waals surface area contributed by atoms with Crippen LogP contribution in [0.1, 0.15) is 81.2 Å². The topological polar surface area (TPSA) is 115 Å². The molecule has 0 aromatic carbocycles. The number of unbranched alkanes of at least 4 members (excludes halogenated alkanes) is 2. The molecule has 11 heteroatoms. The zero-order valence-corrected chi connectivity index (χ0v) is 22.0. The summed E-state index contributed by atoms with van der Waals surface area (Å²) in [6, 6.07) is 5.88. The van der Waals surface area contributed by atoms with E-state index >= 15 is 0 Å². The van der Waals surface area contributed by atoms with Crippen molar-refractivity contribution in [2.24, 2.45) is 0 Å². The lowest BCUT2D eigenvalue weighted by Gasteiger charge is -2.23. The largest absolute Gasteiger partial charge is 0.422 e. The molecule has 1 atom stereocenters. The number of nitriles is 1. The minimum Gasteiger partial charge on any atom is -0.357 e. The van der Waals surface area contributed by atoms with Gasteiger partial charge in [0.2, 0.25) is 0 Å². The van der Waals surface area contributed by atoms with Crippen LogP contribution in [-0.2, 0) is 17.4 Å². The molecule has 2 N–H and O–H groups in total. The number of anilines is 1. The zero-order valence-electron chi connectivity index (χ0n) is 22.0. The fourth-order valence-electron chi connectivity index (χ4n) is 4.09. The minimum absolute atomic E-state index is 0.0569. The van der Waals surface area contributed by atoms with Crippen molar-refractivity contribution in [2.75, 3.05) is 31.6 Å². The highest BCUT2D eigenvalue weighted by molar-refractivity contribution is 5.44. The summed E-state index contributed by atoms with van der Waals surface area (Å²) in [7, 11) is 1.73. The number of nitrogens with zero attached hydrogens (tertiary/aromatic N) is 4. The van der Waals surface area contributed by atoms with Gasteiger partial charge < -0.3 is 15.0 Å². The van der Waals surface area contributed by atoms with E-state index in [4.69, 9.17) is 10.1 Å². The number of fused-ring (bicyclic) bond motifs is 1. The van der Waals surface area contributed by atoms with Crippen molar-refractivity contribution in [1.82, 2.24) is 20.5 Å². The van der Waals surface area contributed by atoms with Crippen molar-refractivity contribution in [1.29, 1.82) is 5.26 Å². The first-order chi connectivity index (χ1) is 17.7. The van der Waals surface area contributed by atoms with Crippen LogP contribution in [0.15, 0.2) is 23.1 Å². The number of halogens is 3. The minimum atomic E-state index is -4.62. The number of aromatic nitrogens is 3. The predicted molar refractivity (Wildman–Crippen MR) is 138 cm³/mol. The van der Waals surface area contributed by atoms with Gasteiger partial charge in [-0.3, -0.25) is 4.79 Å². The third-order valence-electron chi connectivity index (χ3n) is 5.71. The summed E-state index contributed by atoms with van der Waals surface area (Å²) < 4.78 is 38.3. The normalized spacial score (nSPS) is 13.8. The number of alkyl halides is 3. The molecule has 0 saturated heterocycles. The van der Waals surface area contributed by atoms with Gasteiger partial charge in [-0.15, -0.1) is 0 Å². The first-order valence-corrected chi connectivity index (χ1v) is 12.5. The number of aromatic amines is 1. The third kappa shape index (κ3) is 9.96. The molecule has 37 heavy (non-hydrogen) atoms. The van der Waals surface area contributed by atoms with Crippen molar-refractivity contribution >= 4 is 12.1 Å². The number of likely N-dealkylation sites (N-methyl/N-ethyl adjacent to an activating group) is 1. The lowest BCUT2D eigenvalue weighted by Crippen LogP contribution is -2.26. The number of rotatable bonds is 9. The summed E-state index contributed by atoms with van der Waals surface area (Å²) in [5, 5.41) is 17.3. The molecule has 0 saturated carbocycles. The van der Waals surface area contributed by atoms with E-state index in [-0.39, 0.29) is 17.9 Å². The molecule has 0 radical (unpaired) electrons. The van der Waals surface area contributed by atoms with Crippen LogP contribution in [0.25, 0.3) is 0 Å². The molecule has 2 aromatic heterocycles. The second kappa shape index (κ2) is 16.5. The number of pyridine rings is 1. The molecule has 0 fully saturated rings. The maximum atomic E-state index is 12.8. The fraction of sp³-hybridized carbons (Fsp3) is 0.577. The van der Waals surface area contributed by atoms with E-state index < -0.39 is 17.3 Å². The molecule has 0 aliphatic heterocycles. The summed E-state index contributed by atoms with van der Waals surface area (Å²) in [5.74, 6) is 0.926. The Morgan fingerprint density at radius 3 is 2.46 bits per heavy atom. The van der Waals surface area contributed by atoms with E-state index in [0.717, 1.165) is 31.6 Å². The number of hydrogen-bond donors (Lipinski definition) is 2. The quantitative estimate of drug-likeness (QED) is 0.365. The summed E-state index contributed by atoms with van der Waals surface area (Å²) in [6.07, 6.45) is 3.45. The molecule has 2 aromatic rings. The van der Waals surface area contributed by atoms with Gasteiger partial charge in [0.1, 0.15) is 23.7 Å². The van der Waals surface area contributed by atoms with Crippen LogP contribution in [0.2, 0.25) is 0 Å². The summed E-state index contributed by atoms with van der Waals surface area (Å²) in [6.45, 7) is 8.48. The molecule has 8 nitrogen and oxygen atoms in total. The number of carbonyl (C=O) groups is 1. The van der Waals surface area contributed by atoms with Crippen LogP contribution in [0.3, 0.4) is 0 Å². The molecule has 0 spiro atoms. The van der Waals surface area contributed by atoms with E-state index in [1.165, 1.54) is 26.2 Å². The highest BCUT2D eigenvalue weighted by atomic mass is 19.4. The lowest BCUT2D eigenvalue weighted by atomic mass is 10.1. The Balaban J connectivity index is 0.000000335. The van der Waals surface area contributed by atoms with E-state index in [1.807, 2.05) is 17.2 Å². The predicted octanol–water partition coefficient (Wildman–Crippen LogP) is 4.60. The molecular weight excluding hydrogens is 485 g/mol. The molecule has 1 unspecified atom stereocenters. The van der Waals surface area contributed by atoms with E-state index in [2.05, 4.69) is 40.2 Å². The molecule has 0 bridgehead atoms. The van der Waals surface area contributed by atoms with Gasteiger partial charge in [-0.25, -0.2) is 10.1 Å². The lowest BCUT2D eigenvalue weighted by molar-refractivity contribution is -0.139. The Labute approximate surface area is 216 Å². The SMILES string of the molecule is CC=O.CCCCCN(CCC)c1ccc(C#N)cn1.CNCC1CCc2c1n[nH]c(=O)c2C(F)(F)F. The maximum absolute atomic E-state index is 12.8. The van der Waals surface area contributed by atoms with Crippen LogP contribution in [0.4, 0.5) is 19.0 Å². The Morgan fingerprint density at radius 2 is 1.95 bits per heavy atom. The highest BCUT2D eigenvalue weighted by Crippen LogP contribution is 2.37. The van der Waals surface area contributed by atoms with Crippen LogP contribution >= 0.6 is 0 Å². The van der Waals surface area contributed by atoms with Crippen molar-refractivity contribution in [3.63, 3.8) is 0 Å². The standard InChI is InChI=1S/C14H21N3.C10H12F3N3O.C2H4O/c1-3-5-6-10-17(9-4-2)14-8-7-13(11-15)12-16-14;1-14-4-5-2-3-6-7(10(11,12)13)9(17)16-15-8(5)6;1-2-3/h7-8,12H,3-6,9-10H2,1-2H3;5,14H,2-4H2,1H3,(H,16,17);2H,1H3. The van der Waals surface area contributed by atoms with Gasteiger partial charge in [-0.05, 0) is 57.4 Å². The van der Waals surface area contributed by atoms with Gasteiger partial charge in [-0.1, -0.05) is 26.7 Å². The van der Waals surface area contributed by atoms with Crippen molar-refractivity contribution in [3.8, 4) is 6.07 Å². The number of H-pyrrole nitrogens is 1. The van der Waals surface area contributed by atoms with Gasteiger partial charge in [0.15, 0.2) is 0 Å². The Hall–Kier alpha value is -3.26. The van der Waals surface area contributed by atoms with E-state index in [0.29, 0.717) is 24.2 Å². The number of nitrogens with one attached hydrogen (secondary N) is 2. The van der Waals surface area contributed by atoms with Crippen LogP contribution < -0.4 is 15.8 Å². The Kier molecular flexibility index (Phi) is 14.1. The third-order valence-corrected chi connectivity index (χ3v) is 5.71. The molecule has 3 rings (SSSR count). The first-order valence-electron chi connectivity index (χ1n) is 12.5. The summed E-state index contributed by atoms with van der Waals surface area (Å²) in [4.78, 5) is 26.7. The van der Waals surface area contributed by atoms with Gasteiger partial charge >= 0.3 is 6.18 Å². The smallest absolute Gasteiger partial charge is 0.357 e. The van der Waals surface area contributed by atoms with Gasteiger partial charge in [0, 0.05) is 31.7 Å². The van der Waals surface area contributed by atoms with Crippen LogP contribution in [0.5, 0.6) is 0 Å². The zero-order chi connectivity index (χ0) is 27.8.